The van der Waals surface area contributed by atoms with Crippen LogP contribution in [0.4, 0.5) is 0 Å². The van der Waals surface area contributed by atoms with Crippen molar-refractivity contribution >= 4 is 0 Å². The average molecular weight is 167 g/mol. The Hall–Kier alpha value is -0.0400. The molecule has 0 aromatic carbocycles. The Labute approximate surface area is 75.7 Å². The first-order valence-corrected chi connectivity index (χ1v) is 5.33. The third kappa shape index (κ3) is 0.834. The van der Waals surface area contributed by atoms with E-state index in [1.165, 1.54) is 19.3 Å². The predicted octanol–water partition coefficient (Wildman–Crippen LogP) is 2.41. The molecule has 2 aliphatic carbocycles. The van der Waals surface area contributed by atoms with Gasteiger partial charge in [-0.1, -0.05) is 27.2 Å². The minimum absolute atomic E-state index is 0.461. The van der Waals surface area contributed by atoms with Crippen molar-refractivity contribution in [1.29, 1.82) is 0 Å². The van der Waals surface area contributed by atoms with Crippen LogP contribution in [-0.4, -0.2) is 6.04 Å². The minimum atomic E-state index is 0.461. The summed E-state index contributed by atoms with van der Waals surface area (Å²) in [6, 6.07) is 0.483. The number of hydrogen-bond donors (Lipinski definition) is 1. The van der Waals surface area contributed by atoms with Gasteiger partial charge >= 0.3 is 0 Å². The van der Waals surface area contributed by atoms with E-state index in [2.05, 4.69) is 20.8 Å². The van der Waals surface area contributed by atoms with Crippen molar-refractivity contribution in [3.8, 4) is 0 Å². The second kappa shape index (κ2) is 2.47. The Kier molecular flexibility index (Phi) is 1.76. The van der Waals surface area contributed by atoms with Crippen molar-refractivity contribution in [2.45, 2.75) is 46.1 Å². The van der Waals surface area contributed by atoms with Crippen LogP contribution in [0.5, 0.6) is 0 Å². The second-order valence-electron chi connectivity index (χ2n) is 5.24. The van der Waals surface area contributed by atoms with Gasteiger partial charge in [-0.15, -0.1) is 0 Å². The van der Waals surface area contributed by atoms with E-state index >= 15 is 0 Å². The lowest BCUT2D eigenvalue weighted by molar-refractivity contribution is 0.155. The van der Waals surface area contributed by atoms with E-state index in [-0.39, 0.29) is 0 Å². The lowest BCUT2D eigenvalue weighted by Gasteiger charge is -2.38. The first-order valence-electron chi connectivity index (χ1n) is 5.33. The highest BCUT2D eigenvalue weighted by Gasteiger charge is 2.53. The molecule has 0 radical (unpaired) electrons. The van der Waals surface area contributed by atoms with Crippen molar-refractivity contribution in [3.63, 3.8) is 0 Å². The summed E-state index contributed by atoms with van der Waals surface area (Å²) in [6.45, 7) is 7.19. The molecule has 0 aromatic rings. The molecule has 2 saturated carbocycles. The highest BCUT2D eigenvalue weighted by atomic mass is 14.8. The molecule has 1 nitrogen and oxygen atoms in total. The Bertz CT molecular complexity index is 181. The SMILES string of the molecule is C[C@H]1[C@H]2CCC[C@](C)([C@@H]2N)[C@H]1C. The molecule has 2 rings (SSSR count). The van der Waals surface area contributed by atoms with Crippen molar-refractivity contribution in [1.82, 2.24) is 0 Å². The second-order valence-corrected chi connectivity index (χ2v) is 5.24. The molecule has 2 N–H and O–H groups in total. The van der Waals surface area contributed by atoms with E-state index in [9.17, 15) is 0 Å². The molecular weight excluding hydrogens is 146 g/mol. The maximum Gasteiger partial charge on any atom is 0.0127 e. The summed E-state index contributed by atoms with van der Waals surface area (Å²) in [5.41, 5.74) is 6.76. The first kappa shape index (κ1) is 8.55. The lowest BCUT2D eigenvalue weighted by atomic mass is 9.70. The van der Waals surface area contributed by atoms with Crippen LogP contribution in [0.15, 0.2) is 0 Å². The molecule has 12 heavy (non-hydrogen) atoms. The smallest absolute Gasteiger partial charge is 0.0127 e. The van der Waals surface area contributed by atoms with Crippen LogP contribution in [0.25, 0.3) is 0 Å². The highest BCUT2D eigenvalue weighted by molar-refractivity contribution is 5.06. The molecule has 0 amide bonds. The number of fused-ring (bicyclic) bond motifs is 2. The van der Waals surface area contributed by atoms with Gasteiger partial charge in [0, 0.05) is 6.04 Å². The Balaban J connectivity index is 2.33. The highest BCUT2D eigenvalue weighted by Crippen LogP contribution is 2.56. The van der Waals surface area contributed by atoms with E-state index in [4.69, 9.17) is 5.73 Å². The van der Waals surface area contributed by atoms with Crippen molar-refractivity contribution in [2.24, 2.45) is 28.9 Å². The van der Waals surface area contributed by atoms with Gasteiger partial charge in [0.05, 0.1) is 0 Å². The van der Waals surface area contributed by atoms with Gasteiger partial charge in [-0.05, 0) is 36.0 Å². The Morgan fingerprint density at radius 2 is 2.00 bits per heavy atom. The normalized spacial score (nSPS) is 59.0. The number of nitrogens with two attached hydrogens (primary N) is 1. The maximum atomic E-state index is 6.30. The zero-order valence-electron chi connectivity index (χ0n) is 8.51. The van der Waals surface area contributed by atoms with Crippen LogP contribution in [0, 0.1) is 23.2 Å². The van der Waals surface area contributed by atoms with E-state index < -0.39 is 0 Å². The van der Waals surface area contributed by atoms with Gasteiger partial charge in [-0.2, -0.15) is 0 Å². The summed E-state index contributed by atoms with van der Waals surface area (Å²) in [4.78, 5) is 0. The molecule has 0 heterocycles. The zero-order chi connectivity index (χ0) is 8.93. The monoisotopic (exact) mass is 167 g/mol. The van der Waals surface area contributed by atoms with Gasteiger partial charge < -0.3 is 5.73 Å². The van der Waals surface area contributed by atoms with Gasteiger partial charge in [0.2, 0.25) is 0 Å². The maximum absolute atomic E-state index is 6.30. The van der Waals surface area contributed by atoms with Gasteiger partial charge in [-0.25, -0.2) is 0 Å². The Morgan fingerprint density at radius 3 is 2.50 bits per heavy atom. The zero-order valence-corrected chi connectivity index (χ0v) is 8.51. The average Bonchev–Trinajstić information content (AvgIpc) is 2.20. The molecule has 1 heteroatoms. The van der Waals surface area contributed by atoms with Gasteiger partial charge in [0.15, 0.2) is 0 Å². The third-order valence-corrected chi connectivity index (χ3v) is 4.98. The summed E-state index contributed by atoms with van der Waals surface area (Å²) in [5, 5.41) is 0. The summed E-state index contributed by atoms with van der Waals surface area (Å²) >= 11 is 0. The van der Waals surface area contributed by atoms with Crippen LogP contribution < -0.4 is 5.73 Å². The number of rotatable bonds is 0. The summed E-state index contributed by atoms with van der Waals surface area (Å²) < 4.78 is 0. The van der Waals surface area contributed by atoms with E-state index in [1.807, 2.05) is 0 Å². The quantitative estimate of drug-likeness (QED) is 0.589. The third-order valence-electron chi connectivity index (χ3n) is 4.98. The molecule has 0 saturated heterocycles. The molecule has 70 valence electrons. The van der Waals surface area contributed by atoms with E-state index in [0.29, 0.717) is 11.5 Å². The van der Waals surface area contributed by atoms with Crippen LogP contribution in [0.3, 0.4) is 0 Å². The number of hydrogen-bond acceptors (Lipinski definition) is 1. The molecule has 0 spiro atoms. The summed E-state index contributed by atoms with van der Waals surface area (Å²) in [6.07, 6.45) is 4.14. The molecule has 0 aliphatic heterocycles. The van der Waals surface area contributed by atoms with Gasteiger partial charge in [-0.3, -0.25) is 0 Å². The minimum Gasteiger partial charge on any atom is -0.327 e. The van der Waals surface area contributed by atoms with Crippen LogP contribution in [-0.2, 0) is 0 Å². The summed E-state index contributed by atoms with van der Waals surface area (Å²) in [5.74, 6) is 2.51. The van der Waals surface area contributed by atoms with Crippen LogP contribution in [0.2, 0.25) is 0 Å². The molecule has 2 fully saturated rings. The fraction of sp³-hybridized carbons (Fsp3) is 1.00. The van der Waals surface area contributed by atoms with Gasteiger partial charge in [0.25, 0.3) is 0 Å². The molecule has 0 aromatic heterocycles. The topological polar surface area (TPSA) is 26.0 Å². The molecule has 2 aliphatic rings. The predicted molar refractivity (Wildman–Crippen MR) is 51.8 cm³/mol. The standard InChI is InChI=1S/C11H21N/c1-7-8(2)11(3)6-4-5-9(7)10(11)12/h7-10H,4-6,12H2,1-3H3/t7-,8+,9-,10-,11+/m1/s1. The van der Waals surface area contributed by atoms with Crippen molar-refractivity contribution in [2.75, 3.05) is 0 Å². The largest absolute Gasteiger partial charge is 0.327 e. The van der Waals surface area contributed by atoms with Crippen molar-refractivity contribution in [3.05, 3.63) is 0 Å². The molecule has 2 bridgehead atoms. The lowest BCUT2D eigenvalue weighted by Crippen LogP contribution is -2.43. The molecule has 5 atom stereocenters. The van der Waals surface area contributed by atoms with E-state index in [0.717, 1.165) is 17.8 Å². The molecular formula is C11H21N. The summed E-state index contributed by atoms with van der Waals surface area (Å²) in [7, 11) is 0. The van der Waals surface area contributed by atoms with Crippen LogP contribution >= 0.6 is 0 Å². The van der Waals surface area contributed by atoms with E-state index in [1.54, 1.807) is 0 Å². The Morgan fingerprint density at radius 1 is 1.33 bits per heavy atom. The van der Waals surface area contributed by atoms with Gasteiger partial charge in [0.1, 0.15) is 0 Å². The first-order chi connectivity index (χ1) is 5.57. The fourth-order valence-electron chi connectivity index (χ4n) is 3.65. The fourth-order valence-corrected chi connectivity index (χ4v) is 3.65. The van der Waals surface area contributed by atoms with Crippen LogP contribution in [0.1, 0.15) is 40.0 Å². The molecule has 0 unspecified atom stereocenters. The van der Waals surface area contributed by atoms with Crippen molar-refractivity contribution < 1.29 is 0 Å².